The van der Waals surface area contributed by atoms with E-state index in [0.29, 0.717) is 10.1 Å². The van der Waals surface area contributed by atoms with Crippen molar-refractivity contribution in [3.8, 4) is 11.3 Å². The predicted octanol–water partition coefficient (Wildman–Crippen LogP) is 5.68. The van der Waals surface area contributed by atoms with Crippen molar-refractivity contribution in [2.45, 2.75) is 38.9 Å². The van der Waals surface area contributed by atoms with Crippen LogP contribution in [0.3, 0.4) is 0 Å². The summed E-state index contributed by atoms with van der Waals surface area (Å²) in [5.74, 6) is 1.65. The topological polar surface area (TPSA) is 41.3 Å². The van der Waals surface area contributed by atoms with E-state index in [-0.39, 0.29) is 18.1 Å². The van der Waals surface area contributed by atoms with E-state index in [4.69, 9.17) is 28.2 Å². The molecular weight excluding hydrogens is 390 g/mol. The van der Waals surface area contributed by atoms with E-state index in [2.05, 4.69) is 36.0 Å². The van der Waals surface area contributed by atoms with Crippen LogP contribution in [0.25, 0.3) is 11.3 Å². The maximum atomic E-state index is 6.34. The Kier molecular flexibility index (Phi) is 5.13. The number of aromatic nitrogens is 1. The lowest BCUT2D eigenvalue weighted by molar-refractivity contribution is 0.237. The number of hydrogen-bond donors (Lipinski definition) is 1. The Morgan fingerprint density at radius 1 is 1.18 bits per heavy atom. The molecule has 28 heavy (non-hydrogen) atoms. The summed E-state index contributed by atoms with van der Waals surface area (Å²) in [6.45, 7) is 6.32. The van der Waals surface area contributed by atoms with Crippen molar-refractivity contribution in [2.24, 2.45) is 0 Å². The Morgan fingerprint density at radius 2 is 2.00 bits per heavy atom. The second-order valence-corrected chi connectivity index (χ2v) is 8.11. The van der Waals surface area contributed by atoms with E-state index in [9.17, 15) is 0 Å². The van der Waals surface area contributed by atoms with Crippen molar-refractivity contribution >= 4 is 28.9 Å². The van der Waals surface area contributed by atoms with Gasteiger partial charge >= 0.3 is 0 Å². The molecule has 0 aliphatic carbocycles. The van der Waals surface area contributed by atoms with Gasteiger partial charge in [-0.2, -0.15) is 0 Å². The molecule has 1 aliphatic heterocycles. The van der Waals surface area contributed by atoms with E-state index >= 15 is 0 Å². The van der Waals surface area contributed by atoms with E-state index in [1.165, 1.54) is 0 Å². The smallest absolute Gasteiger partial charge is 0.170 e. The molecule has 0 saturated carbocycles. The SMILES string of the molecule is Cc1ccc(Cl)cc1-c1ccc([C@@H]2[C@H](c3ccccn3)NC(=S)N2C(C)C)o1. The molecule has 1 fully saturated rings. The van der Waals surface area contributed by atoms with Crippen molar-refractivity contribution in [1.82, 2.24) is 15.2 Å². The molecule has 0 unspecified atom stereocenters. The molecule has 1 aromatic carbocycles. The molecule has 4 rings (SSSR count). The maximum Gasteiger partial charge on any atom is 0.170 e. The third kappa shape index (κ3) is 3.40. The van der Waals surface area contributed by atoms with Gasteiger partial charge in [0.05, 0.1) is 11.7 Å². The van der Waals surface area contributed by atoms with Gasteiger partial charge in [0.2, 0.25) is 0 Å². The summed E-state index contributed by atoms with van der Waals surface area (Å²) in [7, 11) is 0. The maximum absolute atomic E-state index is 6.34. The molecule has 3 heterocycles. The third-order valence-electron chi connectivity index (χ3n) is 5.08. The van der Waals surface area contributed by atoms with Crippen molar-refractivity contribution < 1.29 is 4.42 Å². The molecule has 1 aliphatic rings. The highest BCUT2D eigenvalue weighted by Crippen LogP contribution is 2.41. The average molecular weight is 412 g/mol. The van der Waals surface area contributed by atoms with Crippen molar-refractivity contribution in [1.29, 1.82) is 0 Å². The lowest BCUT2D eigenvalue weighted by atomic mass is 10.0. The summed E-state index contributed by atoms with van der Waals surface area (Å²) in [4.78, 5) is 6.73. The lowest BCUT2D eigenvalue weighted by Gasteiger charge is -2.29. The summed E-state index contributed by atoms with van der Waals surface area (Å²) in [6.07, 6.45) is 1.80. The molecule has 0 amide bonds. The van der Waals surface area contributed by atoms with Crippen LogP contribution in [0, 0.1) is 6.92 Å². The zero-order valence-corrected chi connectivity index (χ0v) is 17.6. The largest absolute Gasteiger partial charge is 0.459 e. The molecule has 2 aromatic heterocycles. The molecule has 0 radical (unpaired) electrons. The number of benzene rings is 1. The van der Waals surface area contributed by atoms with E-state index < -0.39 is 0 Å². The first-order chi connectivity index (χ1) is 13.5. The van der Waals surface area contributed by atoms with Gasteiger partial charge in [0.25, 0.3) is 0 Å². The van der Waals surface area contributed by atoms with Gasteiger partial charge in [0.1, 0.15) is 17.6 Å². The quantitative estimate of drug-likeness (QED) is 0.559. The summed E-state index contributed by atoms with van der Waals surface area (Å²) in [5, 5.41) is 4.84. The molecule has 144 valence electrons. The van der Waals surface area contributed by atoms with Crippen molar-refractivity contribution in [3.05, 3.63) is 76.8 Å². The van der Waals surface area contributed by atoms with Gasteiger partial charge in [-0.3, -0.25) is 4.98 Å². The van der Waals surface area contributed by atoms with Crippen molar-refractivity contribution in [3.63, 3.8) is 0 Å². The molecule has 1 saturated heterocycles. The monoisotopic (exact) mass is 411 g/mol. The number of nitrogens with one attached hydrogen (secondary N) is 1. The Labute approximate surface area is 175 Å². The van der Waals surface area contributed by atoms with Gasteiger partial charge in [-0.25, -0.2) is 0 Å². The zero-order chi connectivity index (χ0) is 19.8. The fraction of sp³-hybridized carbons (Fsp3) is 0.273. The number of pyridine rings is 1. The zero-order valence-electron chi connectivity index (χ0n) is 16.0. The number of furan rings is 1. The van der Waals surface area contributed by atoms with E-state index in [1.807, 2.05) is 48.5 Å². The first-order valence-electron chi connectivity index (χ1n) is 9.31. The molecular formula is C22H22ClN3OS. The molecule has 1 N–H and O–H groups in total. The Hall–Kier alpha value is -2.37. The summed E-state index contributed by atoms with van der Waals surface area (Å²) >= 11 is 11.8. The van der Waals surface area contributed by atoms with Gasteiger partial charge in [-0.1, -0.05) is 23.7 Å². The van der Waals surface area contributed by atoms with Crippen LogP contribution in [0.1, 0.15) is 42.9 Å². The number of hydrogen-bond acceptors (Lipinski definition) is 3. The van der Waals surface area contributed by atoms with Gasteiger partial charge in [-0.05, 0) is 75.0 Å². The average Bonchev–Trinajstić information content (AvgIpc) is 3.28. The highest BCUT2D eigenvalue weighted by Gasteiger charge is 2.42. The third-order valence-corrected chi connectivity index (χ3v) is 5.64. The predicted molar refractivity (Wildman–Crippen MR) is 116 cm³/mol. The van der Waals surface area contributed by atoms with E-state index in [0.717, 1.165) is 28.3 Å². The highest BCUT2D eigenvalue weighted by molar-refractivity contribution is 7.80. The van der Waals surface area contributed by atoms with Gasteiger partial charge in [-0.15, -0.1) is 0 Å². The summed E-state index contributed by atoms with van der Waals surface area (Å²) < 4.78 is 6.34. The molecule has 3 aromatic rings. The molecule has 0 bridgehead atoms. The number of aryl methyl sites for hydroxylation is 1. The minimum atomic E-state index is -0.0736. The normalized spacial score (nSPS) is 19.3. The summed E-state index contributed by atoms with van der Waals surface area (Å²) in [6, 6.07) is 15.9. The first kappa shape index (κ1) is 19.0. The molecule has 0 spiro atoms. The minimum absolute atomic E-state index is 0.0735. The lowest BCUT2D eigenvalue weighted by Crippen LogP contribution is -2.35. The first-order valence-corrected chi connectivity index (χ1v) is 10.1. The van der Waals surface area contributed by atoms with Gasteiger partial charge in [0.15, 0.2) is 5.11 Å². The van der Waals surface area contributed by atoms with Crippen LogP contribution in [0.5, 0.6) is 0 Å². The van der Waals surface area contributed by atoms with Crippen LogP contribution < -0.4 is 5.32 Å². The van der Waals surface area contributed by atoms with Crippen molar-refractivity contribution in [2.75, 3.05) is 0 Å². The standard InChI is InChI=1S/C22H22ClN3OS/c1-13(2)26-21(20(25-22(26)28)17-6-4-5-11-24-17)19-10-9-18(27-19)16-12-15(23)8-7-14(16)3/h4-13,20-21H,1-3H3,(H,25,28)/t20-,21+/m0/s1. The number of rotatable bonds is 4. The highest BCUT2D eigenvalue weighted by atomic mass is 35.5. The second kappa shape index (κ2) is 7.57. The van der Waals surface area contributed by atoms with Crippen LogP contribution >= 0.6 is 23.8 Å². The Balaban J connectivity index is 1.77. The van der Waals surface area contributed by atoms with Gasteiger partial charge in [0, 0.05) is 22.8 Å². The molecule has 6 heteroatoms. The fourth-order valence-corrected chi connectivity index (χ4v) is 4.37. The van der Waals surface area contributed by atoms with Crippen LogP contribution in [-0.4, -0.2) is 21.0 Å². The second-order valence-electron chi connectivity index (χ2n) is 7.29. The van der Waals surface area contributed by atoms with Crippen LogP contribution in [-0.2, 0) is 0 Å². The minimum Gasteiger partial charge on any atom is -0.459 e. The van der Waals surface area contributed by atoms with Crippen LogP contribution in [0.4, 0.5) is 0 Å². The van der Waals surface area contributed by atoms with E-state index in [1.54, 1.807) is 6.20 Å². The fourth-order valence-electron chi connectivity index (χ4n) is 3.74. The van der Waals surface area contributed by atoms with Crippen LogP contribution in [0.15, 0.2) is 59.1 Å². The Bertz CT molecular complexity index is 1000. The summed E-state index contributed by atoms with van der Waals surface area (Å²) in [5.41, 5.74) is 3.06. The number of thiocarbonyl (C=S) groups is 1. The molecule has 4 nitrogen and oxygen atoms in total. The molecule has 2 atom stereocenters. The van der Waals surface area contributed by atoms with Crippen LogP contribution in [0.2, 0.25) is 5.02 Å². The number of nitrogens with zero attached hydrogens (tertiary/aromatic N) is 2. The van der Waals surface area contributed by atoms with Gasteiger partial charge < -0.3 is 14.6 Å². The number of halogens is 1. The Morgan fingerprint density at radius 3 is 2.71 bits per heavy atom.